The maximum absolute atomic E-state index is 13.4. The van der Waals surface area contributed by atoms with Crippen molar-refractivity contribution in [1.82, 2.24) is 0 Å². The molecule has 2 aromatic rings. The molecule has 0 aliphatic heterocycles. The van der Waals surface area contributed by atoms with Crippen LogP contribution in [-0.2, 0) is 25.1 Å². The van der Waals surface area contributed by atoms with Crippen molar-refractivity contribution in [2.75, 3.05) is 0 Å². The summed E-state index contributed by atoms with van der Waals surface area (Å²) in [6.07, 6.45) is 3.37. The number of hydrogen-bond acceptors (Lipinski definition) is 3. The van der Waals surface area contributed by atoms with Crippen molar-refractivity contribution in [3.63, 3.8) is 0 Å². The lowest BCUT2D eigenvalue weighted by Crippen LogP contribution is -2.42. The van der Waals surface area contributed by atoms with Crippen molar-refractivity contribution in [2.24, 2.45) is 5.92 Å². The van der Waals surface area contributed by atoms with Crippen molar-refractivity contribution in [1.29, 1.82) is 0 Å². The summed E-state index contributed by atoms with van der Waals surface area (Å²) < 4.78 is 12.3. The first kappa shape index (κ1) is 25.5. The van der Waals surface area contributed by atoms with E-state index < -0.39 is 6.10 Å². The van der Waals surface area contributed by atoms with Crippen LogP contribution >= 0.6 is 0 Å². The van der Waals surface area contributed by atoms with E-state index in [-0.39, 0.29) is 34.9 Å². The topological polar surface area (TPSA) is 35.5 Å². The van der Waals surface area contributed by atoms with Crippen LogP contribution in [-0.4, -0.2) is 18.2 Å². The molecule has 0 bridgehead atoms. The molecular weight excluding hydrogens is 408 g/mol. The summed E-state index contributed by atoms with van der Waals surface area (Å²) in [5.41, 5.74) is 3.53. The summed E-state index contributed by atoms with van der Waals surface area (Å²) in [5, 5.41) is 0. The number of hydrogen-bond donors (Lipinski definition) is 0. The molecule has 1 aliphatic rings. The highest BCUT2D eigenvalue weighted by Gasteiger charge is 2.41. The van der Waals surface area contributed by atoms with Crippen LogP contribution in [0.25, 0.3) is 0 Å². The Kier molecular flexibility index (Phi) is 8.05. The molecular formula is C30H42O3. The molecule has 1 saturated carbocycles. The van der Waals surface area contributed by atoms with E-state index in [0.717, 1.165) is 24.8 Å². The van der Waals surface area contributed by atoms with Gasteiger partial charge in [-0.25, -0.2) is 4.79 Å². The number of carbonyl (C=O) groups excluding carboxylic acids is 1. The Balaban J connectivity index is 1.82. The van der Waals surface area contributed by atoms with Crippen LogP contribution in [0.3, 0.4) is 0 Å². The molecule has 0 spiro atoms. The summed E-state index contributed by atoms with van der Waals surface area (Å²) in [6.45, 7) is 15.2. The van der Waals surface area contributed by atoms with Gasteiger partial charge in [0.15, 0.2) is 6.10 Å². The molecule has 1 aliphatic carbocycles. The molecule has 0 unspecified atom stereocenters. The average Bonchev–Trinajstić information content (AvgIpc) is 2.77. The van der Waals surface area contributed by atoms with Crippen molar-refractivity contribution in [3.05, 3.63) is 71.3 Å². The van der Waals surface area contributed by atoms with Gasteiger partial charge in [0.25, 0.3) is 0 Å². The lowest BCUT2D eigenvalue weighted by Gasteiger charge is -2.42. The van der Waals surface area contributed by atoms with Gasteiger partial charge in [-0.3, -0.25) is 0 Å². The number of rotatable bonds is 7. The fourth-order valence-electron chi connectivity index (χ4n) is 5.06. The Morgan fingerprint density at radius 2 is 1.42 bits per heavy atom. The fourth-order valence-corrected chi connectivity index (χ4v) is 5.06. The quantitative estimate of drug-likeness (QED) is 0.409. The maximum atomic E-state index is 13.4. The first-order chi connectivity index (χ1) is 15.5. The van der Waals surface area contributed by atoms with Gasteiger partial charge in [0, 0.05) is 5.92 Å². The second-order valence-corrected chi connectivity index (χ2v) is 11.4. The zero-order valence-corrected chi connectivity index (χ0v) is 21.6. The van der Waals surface area contributed by atoms with Gasteiger partial charge in [0.2, 0.25) is 0 Å². The smallest absolute Gasteiger partial charge is 0.340 e. The lowest BCUT2D eigenvalue weighted by molar-refractivity contribution is -0.172. The molecule has 0 amide bonds. The van der Waals surface area contributed by atoms with Gasteiger partial charge in [0.1, 0.15) is 6.10 Å². The Morgan fingerprint density at radius 1 is 0.848 bits per heavy atom. The molecule has 2 aromatic carbocycles. The first-order valence-corrected chi connectivity index (χ1v) is 12.5. The van der Waals surface area contributed by atoms with Gasteiger partial charge in [-0.2, -0.15) is 0 Å². The number of benzene rings is 2. The number of carbonyl (C=O) groups is 1. The second-order valence-electron chi connectivity index (χ2n) is 11.4. The highest BCUT2D eigenvalue weighted by atomic mass is 16.6. The van der Waals surface area contributed by atoms with E-state index in [1.54, 1.807) is 0 Å². The van der Waals surface area contributed by atoms with Gasteiger partial charge < -0.3 is 9.47 Å². The number of esters is 1. The zero-order chi connectivity index (χ0) is 24.2. The minimum Gasteiger partial charge on any atom is -0.460 e. The minimum absolute atomic E-state index is 0.0670. The van der Waals surface area contributed by atoms with Gasteiger partial charge in [0.05, 0.1) is 6.10 Å². The normalized spacial score (nSPS) is 20.5. The summed E-state index contributed by atoms with van der Waals surface area (Å²) in [6, 6.07) is 18.7. The molecule has 0 N–H and O–H groups in total. The van der Waals surface area contributed by atoms with Crippen molar-refractivity contribution in [3.8, 4) is 0 Å². The van der Waals surface area contributed by atoms with Crippen molar-refractivity contribution < 1.29 is 14.3 Å². The molecule has 0 saturated heterocycles. The number of ether oxygens (including phenoxy) is 2. The fraction of sp³-hybridized carbons (Fsp3) is 0.567. The molecule has 3 heteroatoms. The molecule has 3 rings (SSSR count). The second kappa shape index (κ2) is 10.4. The molecule has 180 valence electrons. The Morgan fingerprint density at radius 3 is 2.00 bits per heavy atom. The summed E-state index contributed by atoms with van der Waals surface area (Å²) >= 11 is 0. The van der Waals surface area contributed by atoms with Gasteiger partial charge in [-0.1, -0.05) is 95.6 Å². The molecule has 1 fully saturated rings. The molecule has 3 atom stereocenters. The van der Waals surface area contributed by atoms with Crippen LogP contribution in [0.1, 0.15) is 96.9 Å². The van der Waals surface area contributed by atoms with Crippen LogP contribution in [0.5, 0.6) is 0 Å². The third kappa shape index (κ3) is 6.26. The van der Waals surface area contributed by atoms with E-state index in [1.807, 2.05) is 44.2 Å². The highest BCUT2D eigenvalue weighted by Crippen LogP contribution is 2.43. The van der Waals surface area contributed by atoms with Crippen molar-refractivity contribution >= 4 is 5.97 Å². The Bertz CT molecular complexity index is 890. The third-order valence-corrected chi connectivity index (χ3v) is 7.12. The standard InChI is InChI=1S/C30H42O3/c1-21(2)32-27(22-13-9-8-10-14-22)28(31)33-26-16-12-11-15-25(26)30(6,7)24-19-17-23(18-20-24)29(3,4)5/h8-10,13-14,17-21,25-27H,11-12,15-16H2,1-7H3/t25-,26-,27+/m0/s1. The molecule has 0 heterocycles. The Hall–Kier alpha value is -2.13. The minimum atomic E-state index is -0.692. The van der Waals surface area contributed by atoms with E-state index >= 15 is 0 Å². The van der Waals surface area contributed by atoms with Crippen LogP contribution < -0.4 is 0 Å². The molecule has 0 radical (unpaired) electrons. The summed E-state index contributed by atoms with van der Waals surface area (Å²) in [5.74, 6) is -0.00293. The summed E-state index contributed by atoms with van der Waals surface area (Å²) in [4.78, 5) is 13.4. The van der Waals surface area contributed by atoms with E-state index in [2.05, 4.69) is 58.9 Å². The van der Waals surface area contributed by atoms with E-state index in [0.29, 0.717) is 0 Å². The van der Waals surface area contributed by atoms with Crippen LogP contribution in [0.2, 0.25) is 0 Å². The monoisotopic (exact) mass is 450 g/mol. The summed E-state index contributed by atoms with van der Waals surface area (Å²) in [7, 11) is 0. The van der Waals surface area contributed by atoms with Crippen molar-refractivity contribution in [2.45, 2.75) is 103 Å². The Labute approximate surface area is 200 Å². The molecule has 33 heavy (non-hydrogen) atoms. The highest BCUT2D eigenvalue weighted by molar-refractivity contribution is 5.76. The predicted molar refractivity (Wildman–Crippen MR) is 135 cm³/mol. The predicted octanol–water partition coefficient (Wildman–Crippen LogP) is 7.53. The first-order valence-electron chi connectivity index (χ1n) is 12.5. The van der Waals surface area contributed by atoms with Crippen LogP contribution in [0, 0.1) is 5.92 Å². The van der Waals surface area contributed by atoms with Crippen LogP contribution in [0.15, 0.2) is 54.6 Å². The SMILES string of the molecule is CC(C)O[C@@H](C(=O)O[C@H]1CCCC[C@@H]1C(C)(C)c1ccc(C(C)(C)C)cc1)c1ccccc1. The van der Waals surface area contributed by atoms with Gasteiger partial charge >= 0.3 is 5.97 Å². The largest absolute Gasteiger partial charge is 0.460 e. The molecule has 0 aromatic heterocycles. The third-order valence-electron chi connectivity index (χ3n) is 7.12. The van der Waals surface area contributed by atoms with E-state index in [4.69, 9.17) is 9.47 Å². The maximum Gasteiger partial charge on any atom is 0.340 e. The average molecular weight is 451 g/mol. The van der Waals surface area contributed by atoms with Crippen LogP contribution in [0.4, 0.5) is 0 Å². The lowest BCUT2D eigenvalue weighted by atomic mass is 9.66. The van der Waals surface area contributed by atoms with Gasteiger partial charge in [-0.05, 0) is 60.6 Å². The van der Waals surface area contributed by atoms with E-state index in [9.17, 15) is 4.79 Å². The van der Waals surface area contributed by atoms with Gasteiger partial charge in [-0.15, -0.1) is 0 Å². The molecule has 3 nitrogen and oxygen atoms in total. The zero-order valence-electron chi connectivity index (χ0n) is 21.6. The van der Waals surface area contributed by atoms with E-state index in [1.165, 1.54) is 17.5 Å².